The molecule has 21 heavy (non-hydrogen) atoms. The minimum atomic E-state index is -0.433. The van der Waals surface area contributed by atoms with Crippen molar-refractivity contribution in [2.24, 2.45) is 5.92 Å². The lowest BCUT2D eigenvalue weighted by molar-refractivity contribution is 0.0990. The van der Waals surface area contributed by atoms with Crippen LogP contribution in [0.1, 0.15) is 19.8 Å². The number of hydrogen-bond donors (Lipinski definition) is 3. The molecule has 0 amide bonds. The van der Waals surface area contributed by atoms with E-state index in [4.69, 9.17) is 11.6 Å². The predicted octanol–water partition coefficient (Wildman–Crippen LogP) is 1.68. The van der Waals surface area contributed by atoms with E-state index in [9.17, 15) is 5.11 Å². The van der Waals surface area contributed by atoms with E-state index in [-0.39, 0.29) is 0 Å². The molecule has 0 aliphatic carbocycles. The minimum absolute atomic E-state index is 0.370. The summed E-state index contributed by atoms with van der Waals surface area (Å²) in [7, 11) is 1.76. The molecule has 6 nitrogen and oxygen atoms in total. The molecule has 1 aromatic heterocycles. The predicted molar refractivity (Wildman–Crippen MR) is 85.9 cm³/mol. The van der Waals surface area contributed by atoms with Crippen molar-refractivity contribution in [3.05, 3.63) is 11.5 Å². The van der Waals surface area contributed by atoms with Gasteiger partial charge in [0.05, 0.1) is 6.10 Å². The van der Waals surface area contributed by atoms with Gasteiger partial charge in [0.25, 0.3) is 0 Å². The maximum absolute atomic E-state index is 10.2. The highest BCUT2D eigenvalue weighted by atomic mass is 35.5. The Bertz CT molecular complexity index is 451. The van der Waals surface area contributed by atoms with Gasteiger partial charge < -0.3 is 20.6 Å². The zero-order valence-corrected chi connectivity index (χ0v) is 13.4. The standard InChI is InChI=1S/C14H24ClN5O/c1-10-3-5-20(6-4-10)8-11(21)7-17-14-12(16-2)13(15)18-9-19-14/h9-11,16,21H,3-8H2,1-2H3,(H,17,18,19). The number of halogens is 1. The first-order chi connectivity index (χ1) is 10.1. The third kappa shape index (κ3) is 4.69. The van der Waals surface area contributed by atoms with E-state index < -0.39 is 6.10 Å². The van der Waals surface area contributed by atoms with Gasteiger partial charge in [0, 0.05) is 20.1 Å². The summed E-state index contributed by atoms with van der Waals surface area (Å²) in [4.78, 5) is 10.4. The van der Waals surface area contributed by atoms with Gasteiger partial charge in [0.1, 0.15) is 12.0 Å². The van der Waals surface area contributed by atoms with Crippen molar-refractivity contribution in [3.8, 4) is 0 Å². The first-order valence-corrected chi connectivity index (χ1v) is 7.80. The lowest BCUT2D eigenvalue weighted by atomic mass is 9.99. The van der Waals surface area contributed by atoms with Crippen LogP contribution >= 0.6 is 11.6 Å². The van der Waals surface area contributed by atoms with Crippen molar-refractivity contribution >= 4 is 23.1 Å². The average molecular weight is 314 g/mol. The van der Waals surface area contributed by atoms with Gasteiger partial charge in [-0.15, -0.1) is 0 Å². The second kappa shape index (κ2) is 7.77. The Morgan fingerprint density at radius 2 is 2.14 bits per heavy atom. The van der Waals surface area contributed by atoms with Crippen LogP contribution in [-0.4, -0.2) is 59.3 Å². The summed E-state index contributed by atoms with van der Waals surface area (Å²) in [5.74, 6) is 1.42. The fourth-order valence-corrected chi connectivity index (χ4v) is 2.77. The summed E-state index contributed by atoms with van der Waals surface area (Å²) in [5, 5.41) is 16.6. The SMILES string of the molecule is CNc1c(Cl)ncnc1NCC(O)CN1CCC(C)CC1. The molecule has 0 spiro atoms. The van der Waals surface area contributed by atoms with E-state index in [1.807, 2.05) is 0 Å². The number of nitrogens with zero attached hydrogens (tertiary/aromatic N) is 3. The number of β-amino-alcohol motifs (C(OH)–C–C–N with tert-alkyl or cyclic N) is 1. The Morgan fingerprint density at radius 3 is 2.81 bits per heavy atom. The van der Waals surface area contributed by atoms with Crippen molar-refractivity contribution in [3.63, 3.8) is 0 Å². The van der Waals surface area contributed by atoms with Gasteiger partial charge in [0.15, 0.2) is 11.0 Å². The van der Waals surface area contributed by atoms with Crippen LogP contribution in [0.15, 0.2) is 6.33 Å². The molecule has 1 unspecified atom stereocenters. The quantitative estimate of drug-likeness (QED) is 0.694. The van der Waals surface area contributed by atoms with Crippen LogP contribution in [0.5, 0.6) is 0 Å². The molecule has 1 aliphatic heterocycles. The molecule has 2 rings (SSSR count). The molecule has 1 atom stereocenters. The number of likely N-dealkylation sites (tertiary alicyclic amines) is 1. The molecule has 0 bridgehead atoms. The molecule has 7 heteroatoms. The molecule has 0 radical (unpaired) electrons. The smallest absolute Gasteiger partial charge is 0.157 e. The highest BCUT2D eigenvalue weighted by molar-refractivity contribution is 6.32. The summed E-state index contributed by atoms with van der Waals surface area (Å²) in [6, 6.07) is 0. The van der Waals surface area contributed by atoms with E-state index in [1.165, 1.54) is 19.2 Å². The number of rotatable bonds is 6. The number of anilines is 2. The molecule has 118 valence electrons. The molecule has 3 N–H and O–H groups in total. The number of aromatic nitrogens is 2. The normalized spacial score (nSPS) is 18.5. The van der Waals surface area contributed by atoms with Crippen molar-refractivity contribution in [2.45, 2.75) is 25.9 Å². The average Bonchev–Trinajstić information content (AvgIpc) is 2.47. The van der Waals surface area contributed by atoms with E-state index in [1.54, 1.807) is 7.05 Å². The molecule has 1 aliphatic rings. The molecule has 0 saturated carbocycles. The van der Waals surface area contributed by atoms with E-state index in [2.05, 4.69) is 32.4 Å². The van der Waals surface area contributed by atoms with Gasteiger partial charge in [0.2, 0.25) is 0 Å². The second-order valence-electron chi connectivity index (χ2n) is 5.66. The van der Waals surface area contributed by atoms with Crippen LogP contribution in [0.3, 0.4) is 0 Å². The molecule has 1 fully saturated rings. The van der Waals surface area contributed by atoms with E-state index in [0.29, 0.717) is 29.7 Å². The Morgan fingerprint density at radius 1 is 1.43 bits per heavy atom. The topological polar surface area (TPSA) is 73.3 Å². The number of nitrogens with one attached hydrogen (secondary N) is 2. The van der Waals surface area contributed by atoms with E-state index in [0.717, 1.165) is 19.0 Å². The monoisotopic (exact) mass is 313 g/mol. The van der Waals surface area contributed by atoms with Crippen LogP contribution < -0.4 is 10.6 Å². The van der Waals surface area contributed by atoms with Crippen LogP contribution in [0, 0.1) is 5.92 Å². The van der Waals surface area contributed by atoms with Gasteiger partial charge in [-0.05, 0) is 31.8 Å². The first kappa shape index (κ1) is 16.3. The zero-order chi connectivity index (χ0) is 15.2. The fourth-order valence-electron chi connectivity index (χ4n) is 2.54. The maximum atomic E-state index is 10.2. The lowest BCUT2D eigenvalue weighted by Gasteiger charge is -2.31. The van der Waals surface area contributed by atoms with Crippen LogP contribution in [-0.2, 0) is 0 Å². The third-order valence-electron chi connectivity index (χ3n) is 3.90. The molecule has 1 aromatic rings. The Kier molecular flexibility index (Phi) is 6.02. The molecule has 1 saturated heterocycles. The molecular formula is C14H24ClN5O. The van der Waals surface area contributed by atoms with Gasteiger partial charge in [-0.3, -0.25) is 0 Å². The second-order valence-corrected chi connectivity index (χ2v) is 6.01. The van der Waals surface area contributed by atoms with Gasteiger partial charge in [-0.1, -0.05) is 18.5 Å². The highest BCUT2D eigenvalue weighted by Gasteiger charge is 2.18. The Balaban J connectivity index is 1.81. The number of aliphatic hydroxyl groups excluding tert-OH is 1. The lowest BCUT2D eigenvalue weighted by Crippen LogP contribution is -2.40. The molecular weight excluding hydrogens is 290 g/mol. The summed E-state index contributed by atoms with van der Waals surface area (Å²) in [5.41, 5.74) is 0.651. The van der Waals surface area contributed by atoms with Crippen LogP contribution in [0.25, 0.3) is 0 Å². The Hall–Kier alpha value is -1.11. The van der Waals surface area contributed by atoms with Gasteiger partial charge in [-0.25, -0.2) is 9.97 Å². The largest absolute Gasteiger partial charge is 0.390 e. The third-order valence-corrected chi connectivity index (χ3v) is 4.19. The summed E-state index contributed by atoms with van der Waals surface area (Å²) in [6.07, 6.45) is 3.40. The van der Waals surface area contributed by atoms with Crippen molar-refractivity contribution in [1.29, 1.82) is 0 Å². The summed E-state index contributed by atoms with van der Waals surface area (Å²) >= 11 is 5.99. The van der Waals surface area contributed by atoms with Crippen LogP contribution in [0.2, 0.25) is 5.15 Å². The number of piperidine rings is 1. The van der Waals surface area contributed by atoms with Gasteiger partial charge in [-0.2, -0.15) is 0 Å². The zero-order valence-electron chi connectivity index (χ0n) is 12.6. The highest BCUT2D eigenvalue weighted by Crippen LogP contribution is 2.25. The fraction of sp³-hybridized carbons (Fsp3) is 0.714. The van der Waals surface area contributed by atoms with Crippen molar-refractivity contribution < 1.29 is 5.11 Å². The van der Waals surface area contributed by atoms with Crippen molar-refractivity contribution in [2.75, 3.05) is 43.9 Å². The summed E-state index contributed by atoms with van der Waals surface area (Å²) < 4.78 is 0. The first-order valence-electron chi connectivity index (χ1n) is 7.42. The van der Waals surface area contributed by atoms with Crippen molar-refractivity contribution in [1.82, 2.24) is 14.9 Å². The number of hydrogen-bond acceptors (Lipinski definition) is 6. The van der Waals surface area contributed by atoms with Gasteiger partial charge >= 0.3 is 0 Å². The van der Waals surface area contributed by atoms with Crippen LogP contribution in [0.4, 0.5) is 11.5 Å². The molecule has 0 aromatic carbocycles. The van der Waals surface area contributed by atoms with E-state index >= 15 is 0 Å². The maximum Gasteiger partial charge on any atom is 0.157 e. The molecule has 2 heterocycles. The summed E-state index contributed by atoms with van der Waals surface area (Å²) in [6.45, 7) is 5.55. The Labute approximate surface area is 130 Å². The number of aliphatic hydroxyl groups is 1. The minimum Gasteiger partial charge on any atom is -0.390 e.